The van der Waals surface area contributed by atoms with Gasteiger partial charge < -0.3 is 4.74 Å². The fourth-order valence-electron chi connectivity index (χ4n) is 1.19. The maximum Gasteiger partial charge on any atom is 0.0462 e. The molecule has 0 unspecified atom stereocenters. The molecule has 0 N–H and O–H groups in total. The van der Waals surface area contributed by atoms with Crippen molar-refractivity contribution in [2.75, 3.05) is 13.7 Å². The Hall–Kier alpha value is -0.0400. The fraction of sp³-hybridized carbons (Fsp3) is 1.00. The van der Waals surface area contributed by atoms with Crippen molar-refractivity contribution < 1.29 is 4.74 Å². The van der Waals surface area contributed by atoms with Crippen molar-refractivity contribution in [3.63, 3.8) is 0 Å². The third-order valence-corrected chi connectivity index (χ3v) is 3.43. The van der Waals surface area contributed by atoms with Crippen LogP contribution >= 0.6 is 0 Å². The zero-order chi connectivity index (χ0) is 10.5. The molecule has 13 heavy (non-hydrogen) atoms. The second-order valence-corrected chi connectivity index (χ2v) is 5.58. The van der Waals surface area contributed by atoms with Crippen molar-refractivity contribution in [2.45, 2.75) is 53.9 Å². The summed E-state index contributed by atoms with van der Waals surface area (Å²) >= 11 is 0. The van der Waals surface area contributed by atoms with E-state index in [1.807, 2.05) is 0 Å². The van der Waals surface area contributed by atoms with Crippen molar-refractivity contribution >= 4 is 0 Å². The van der Waals surface area contributed by atoms with Crippen LogP contribution in [0.1, 0.15) is 53.9 Å². The van der Waals surface area contributed by atoms with E-state index >= 15 is 0 Å². The van der Waals surface area contributed by atoms with Crippen LogP contribution in [0.2, 0.25) is 0 Å². The molecule has 0 radical (unpaired) electrons. The van der Waals surface area contributed by atoms with Gasteiger partial charge in [0.05, 0.1) is 0 Å². The quantitative estimate of drug-likeness (QED) is 0.592. The van der Waals surface area contributed by atoms with E-state index in [0.29, 0.717) is 10.8 Å². The molecule has 0 saturated heterocycles. The van der Waals surface area contributed by atoms with Crippen LogP contribution in [-0.4, -0.2) is 13.7 Å². The first-order valence-corrected chi connectivity index (χ1v) is 5.30. The number of unbranched alkanes of at least 4 members (excludes halogenated alkanes) is 1. The molecule has 80 valence electrons. The summed E-state index contributed by atoms with van der Waals surface area (Å²) in [5.41, 5.74) is 0.834. The first-order chi connectivity index (χ1) is 5.81. The predicted octanol–water partition coefficient (Wildman–Crippen LogP) is 3.88. The summed E-state index contributed by atoms with van der Waals surface area (Å²) < 4.78 is 5.04. The standard InChI is InChI=1S/C12H26O/c1-11(2,3)12(4,5)9-7-8-10-13-6/h7-10H2,1-6H3. The van der Waals surface area contributed by atoms with E-state index in [1.54, 1.807) is 7.11 Å². The molecule has 0 aliphatic carbocycles. The number of ether oxygens (including phenoxy) is 1. The molecule has 0 aromatic heterocycles. The molecule has 0 amide bonds. The Labute approximate surface area is 83.9 Å². The number of hydrogen-bond donors (Lipinski definition) is 0. The molecule has 0 spiro atoms. The Morgan fingerprint density at radius 3 is 1.85 bits per heavy atom. The molecule has 0 aromatic rings. The van der Waals surface area contributed by atoms with E-state index < -0.39 is 0 Å². The van der Waals surface area contributed by atoms with E-state index in [2.05, 4.69) is 34.6 Å². The molecule has 0 aliphatic heterocycles. The van der Waals surface area contributed by atoms with Crippen LogP contribution in [0.25, 0.3) is 0 Å². The summed E-state index contributed by atoms with van der Waals surface area (Å²) in [6.45, 7) is 12.6. The van der Waals surface area contributed by atoms with Crippen molar-refractivity contribution in [3.8, 4) is 0 Å². The van der Waals surface area contributed by atoms with E-state index in [-0.39, 0.29) is 0 Å². The average Bonchev–Trinajstić information content (AvgIpc) is 1.96. The molecular formula is C12H26O. The molecule has 0 heterocycles. The lowest BCUT2D eigenvalue weighted by Crippen LogP contribution is -2.29. The van der Waals surface area contributed by atoms with Gasteiger partial charge in [-0.15, -0.1) is 0 Å². The van der Waals surface area contributed by atoms with Crippen LogP contribution in [0.4, 0.5) is 0 Å². The van der Waals surface area contributed by atoms with E-state index in [0.717, 1.165) is 6.61 Å². The normalized spacial score (nSPS) is 13.4. The van der Waals surface area contributed by atoms with Gasteiger partial charge in [-0.05, 0) is 23.7 Å². The van der Waals surface area contributed by atoms with Crippen LogP contribution in [0.3, 0.4) is 0 Å². The highest BCUT2D eigenvalue weighted by Gasteiger charge is 2.31. The Kier molecular flexibility index (Phi) is 4.98. The maximum absolute atomic E-state index is 5.04. The van der Waals surface area contributed by atoms with Crippen LogP contribution in [0.5, 0.6) is 0 Å². The summed E-state index contributed by atoms with van der Waals surface area (Å²) in [6, 6.07) is 0. The summed E-state index contributed by atoms with van der Waals surface area (Å²) in [7, 11) is 1.77. The number of methoxy groups -OCH3 is 1. The third kappa shape index (κ3) is 4.66. The van der Waals surface area contributed by atoms with Gasteiger partial charge >= 0.3 is 0 Å². The molecule has 0 saturated carbocycles. The topological polar surface area (TPSA) is 9.23 Å². The van der Waals surface area contributed by atoms with E-state index in [4.69, 9.17) is 4.74 Å². The molecule has 0 fully saturated rings. The van der Waals surface area contributed by atoms with Gasteiger partial charge in [0, 0.05) is 13.7 Å². The summed E-state index contributed by atoms with van der Waals surface area (Å²) in [6.07, 6.45) is 3.76. The lowest BCUT2D eigenvalue weighted by atomic mass is 9.67. The molecule has 0 bridgehead atoms. The van der Waals surface area contributed by atoms with E-state index in [1.165, 1.54) is 19.3 Å². The van der Waals surface area contributed by atoms with Crippen molar-refractivity contribution in [3.05, 3.63) is 0 Å². The van der Waals surface area contributed by atoms with E-state index in [9.17, 15) is 0 Å². The lowest BCUT2D eigenvalue weighted by molar-refractivity contribution is 0.109. The Bertz CT molecular complexity index is 131. The minimum Gasteiger partial charge on any atom is -0.385 e. The average molecular weight is 186 g/mol. The molecule has 0 aromatic carbocycles. The molecule has 1 nitrogen and oxygen atoms in total. The number of rotatable bonds is 5. The SMILES string of the molecule is COCCCCC(C)(C)C(C)(C)C. The monoisotopic (exact) mass is 186 g/mol. The molecule has 1 heteroatoms. The molecule has 0 aliphatic rings. The summed E-state index contributed by atoms with van der Waals surface area (Å²) in [4.78, 5) is 0. The number of hydrogen-bond acceptors (Lipinski definition) is 1. The smallest absolute Gasteiger partial charge is 0.0462 e. The Balaban J connectivity index is 3.77. The molecule has 0 atom stereocenters. The van der Waals surface area contributed by atoms with Crippen LogP contribution < -0.4 is 0 Å². The van der Waals surface area contributed by atoms with Gasteiger partial charge in [-0.2, -0.15) is 0 Å². The van der Waals surface area contributed by atoms with Gasteiger partial charge in [0.15, 0.2) is 0 Å². The van der Waals surface area contributed by atoms with Crippen molar-refractivity contribution in [1.82, 2.24) is 0 Å². The second-order valence-electron chi connectivity index (χ2n) is 5.58. The zero-order valence-corrected chi connectivity index (χ0v) is 10.2. The van der Waals surface area contributed by atoms with Gasteiger partial charge in [0.2, 0.25) is 0 Å². The Morgan fingerprint density at radius 2 is 1.46 bits per heavy atom. The Morgan fingerprint density at radius 1 is 0.923 bits per heavy atom. The second kappa shape index (κ2) is 4.99. The van der Waals surface area contributed by atoms with Crippen LogP contribution in [0.15, 0.2) is 0 Å². The van der Waals surface area contributed by atoms with Gasteiger partial charge in [0.1, 0.15) is 0 Å². The van der Waals surface area contributed by atoms with Gasteiger partial charge in [-0.1, -0.05) is 41.0 Å². The highest BCUT2D eigenvalue weighted by Crippen LogP contribution is 2.41. The predicted molar refractivity (Wildman–Crippen MR) is 59.0 cm³/mol. The summed E-state index contributed by atoms with van der Waals surface area (Å²) in [5.74, 6) is 0. The van der Waals surface area contributed by atoms with Crippen LogP contribution in [0, 0.1) is 10.8 Å². The first kappa shape index (κ1) is 13.0. The molecule has 0 rings (SSSR count). The highest BCUT2D eigenvalue weighted by molar-refractivity contribution is 4.81. The first-order valence-electron chi connectivity index (χ1n) is 5.30. The largest absolute Gasteiger partial charge is 0.385 e. The van der Waals surface area contributed by atoms with Gasteiger partial charge in [-0.25, -0.2) is 0 Å². The third-order valence-electron chi connectivity index (χ3n) is 3.43. The minimum absolute atomic E-state index is 0.403. The zero-order valence-electron chi connectivity index (χ0n) is 10.2. The minimum atomic E-state index is 0.403. The maximum atomic E-state index is 5.04. The van der Waals surface area contributed by atoms with Crippen LogP contribution in [-0.2, 0) is 4.74 Å². The fourth-order valence-corrected chi connectivity index (χ4v) is 1.19. The molecular weight excluding hydrogens is 160 g/mol. The summed E-state index contributed by atoms with van der Waals surface area (Å²) in [5, 5.41) is 0. The van der Waals surface area contributed by atoms with Crippen molar-refractivity contribution in [2.24, 2.45) is 10.8 Å². The highest BCUT2D eigenvalue weighted by atomic mass is 16.5. The van der Waals surface area contributed by atoms with Gasteiger partial charge in [-0.3, -0.25) is 0 Å². The lowest BCUT2D eigenvalue weighted by Gasteiger charge is -2.39. The van der Waals surface area contributed by atoms with Gasteiger partial charge in [0.25, 0.3) is 0 Å². The van der Waals surface area contributed by atoms with Crippen molar-refractivity contribution in [1.29, 1.82) is 0 Å².